The molecule has 3 aliphatic rings. The van der Waals surface area contributed by atoms with Gasteiger partial charge >= 0.3 is 12.0 Å². The molecule has 1 N–H and O–H groups in total. The molecule has 0 bridgehead atoms. The second-order valence-corrected chi connectivity index (χ2v) is 7.92. The van der Waals surface area contributed by atoms with Crippen LogP contribution in [0.2, 0.25) is 0 Å². The molecule has 8 nitrogen and oxygen atoms in total. The molecule has 0 aromatic carbocycles. The van der Waals surface area contributed by atoms with Crippen molar-refractivity contribution in [2.24, 2.45) is 10.9 Å². The molecular weight excluding hydrogens is 334 g/mol. The Kier molecular flexibility index (Phi) is 4.55. The summed E-state index contributed by atoms with van der Waals surface area (Å²) < 4.78 is 32.1. The molecule has 1 saturated heterocycles. The molecule has 1 aliphatic carbocycles. The van der Waals surface area contributed by atoms with Crippen LogP contribution in [0.15, 0.2) is 28.9 Å². The summed E-state index contributed by atoms with van der Waals surface area (Å²) in [4.78, 5) is 26.9. The summed E-state index contributed by atoms with van der Waals surface area (Å²) >= 11 is 0. The maximum absolute atomic E-state index is 12.9. The Bertz CT molecular complexity index is 753. The van der Waals surface area contributed by atoms with E-state index in [0.717, 1.165) is 0 Å². The van der Waals surface area contributed by atoms with Crippen molar-refractivity contribution in [2.75, 3.05) is 19.7 Å². The van der Waals surface area contributed by atoms with E-state index in [1.807, 2.05) is 0 Å². The number of hydrogen-bond acceptors (Lipinski definition) is 5. The first kappa shape index (κ1) is 16.8. The van der Waals surface area contributed by atoms with Crippen molar-refractivity contribution in [1.82, 2.24) is 9.62 Å². The van der Waals surface area contributed by atoms with Gasteiger partial charge in [0.2, 0.25) is 10.0 Å². The van der Waals surface area contributed by atoms with E-state index >= 15 is 0 Å². The van der Waals surface area contributed by atoms with E-state index in [4.69, 9.17) is 4.74 Å². The normalized spacial score (nSPS) is 27.1. The summed E-state index contributed by atoms with van der Waals surface area (Å²) in [5, 5.41) is 1.63. The van der Waals surface area contributed by atoms with Gasteiger partial charge in [0.05, 0.1) is 23.9 Å². The lowest BCUT2D eigenvalue weighted by Gasteiger charge is -2.32. The fourth-order valence-corrected chi connectivity index (χ4v) is 4.72. The third kappa shape index (κ3) is 3.13. The van der Waals surface area contributed by atoms with Crippen LogP contribution in [0.3, 0.4) is 0 Å². The van der Waals surface area contributed by atoms with Crippen LogP contribution in [-0.4, -0.2) is 55.4 Å². The average Bonchev–Trinajstić information content (AvgIpc) is 2.94. The van der Waals surface area contributed by atoms with Crippen molar-refractivity contribution in [3.8, 4) is 0 Å². The van der Waals surface area contributed by atoms with E-state index in [1.165, 1.54) is 22.5 Å². The monoisotopic (exact) mass is 353 g/mol. The van der Waals surface area contributed by atoms with Gasteiger partial charge in [-0.1, -0.05) is 6.08 Å². The molecule has 0 aromatic rings. The molecule has 130 valence electrons. The second-order valence-electron chi connectivity index (χ2n) is 5.83. The molecule has 0 spiro atoms. The predicted octanol–water partition coefficient (Wildman–Crippen LogP) is 0.578. The Balaban J connectivity index is 1.76. The minimum absolute atomic E-state index is 0.127. The van der Waals surface area contributed by atoms with Gasteiger partial charge in [-0.15, -0.1) is 0 Å². The first-order chi connectivity index (χ1) is 11.4. The molecule has 0 radical (unpaired) electrons. The summed E-state index contributed by atoms with van der Waals surface area (Å²) in [6, 6.07) is -0.501. The number of nitrogens with one attached hydrogen (secondary N) is 1. The molecule has 2 atom stereocenters. The van der Waals surface area contributed by atoms with Gasteiger partial charge in [0.1, 0.15) is 5.25 Å². The maximum atomic E-state index is 12.9. The van der Waals surface area contributed by atoms with E-state index in [9.17, 15) is 18.0 Å². The number of carbonyl (C=O) groups is 2. The van der Waals surface area contributed by atoms with Gasteiger partial charge in [0, 0.05) is 13.1 Å². The van der Waals surface area contributed by atoms with E-state index in [-0.39, 0.29) is 19.1 Å². The van der Waals surface area contributed by atoms with Crippen molar-refractivity contribution in [1.29, 1.82) is 0 Å². The number of sulfonamides is 1. The van der Waals surface area contributed by atoms with Gasteiger partial charge in [0.25, 0.3) is 0 Å². The lowest BCUT2D eigenvalue weighted by molar-refractivity contribution is -0.149. The van der Waals surface area contributed by atoms with Crippen LogP contribution < -0.4 is 5.32 Å². The van der Waals surface area contributed by atoms with Gasteiger partial charge in [0.15, 0.2) is 0 Å². The highest BCUT2D eigenvalue weighted by atomic mass is 32.2. The summed E-state index contributed by atoms with van der Waals surface area (Å²) in [6.07, 6.45) is 5.75. The number of esters is 1. The van der Waals surface area contributed by atoms with E-state index in [2.05, 4.69) is 10.3 Å². The van der Waals surface area contributed by atoms with Crippen molar-refractivity contribution in [2.45, 2.75) is 25.0 Å². The lowest BCUT2D eigenvalue weighted by Crippen LogP contribution is -2.46. The average molecular weight is 353 g/mol. The lowest BCUT2D eigenvalue weighted by atomic mass is 10.0. The zero-order valence-electron chi connectivity index (χ0n) is 13.3. The van der Waals surface area contributed by atoms with Gasteiger partial charge in [-0.3, -0.25) is 4.79 Å². The number of urea groups is 1. The van der Waals surface area contributed by atoms with Gasteiger partial charge in [-0.25, -0.2) is 17.5 Å². The van der Waals surface area contributed by atoms with Crippen LogP contribution in [0.5, 0.6) is 0 Å². The summed E-state index contributed by atoms with van der Waals surface area (Å²) in [7, 11) is -3.67. The zero-order valence-corrected chi connectivity index (χ0v) is 14.1. The Labute approximate surface area is 140 Å². The predicted molar refractivity (Wildman–Crippen MR) is 86.8 cm³/mol. The first-order valence-electron chi connectivity index (χ1n) is 7.87. The quantitative estimate of drug-likeness (QED) is 0.744. The Morgan fingerprint density at radius 1 is 1.50 bits per heavy atom. The number of amides is 2. The molecule has 2 amide bonds. The smallest absolute Gasteiger partial charge is 0.346 e. The number of fused-ring (bicyclic) bond motifs is 1. The number of aliphatic imine (C=N–C) groups is 1. The minimum Gasteiger partial charge on any atom is -0.466 e. The molecule has 0 aromatic heterocycles. The van der Waals surface area contributed by atoms with Crippen LogP contribution in [0.4, 0.5) is 4.79 Å². The first-order valence-corrected chi connectivity index (χ1v) is 9.38. The Morgan fingerprint density at radius 3 is 3.04 bits per heavy atom. The second kappa shape index (κ2) is 6.48. The molecule has 0 saturated carbocycles. The minimum atomic E-state index is -3.67. The van der Waals surface area contributed by atoms with Gasteiger partial charge in [-0.2, -0.15) is 4.99 Å². The molecule has 3 rings (SSSR count). The zero-order chi connectivity index (χ0) is 17.3. The van der Waals surface area contributed by atoms with E-state index < -0.39 is 27.2 Å². The summed E-state index contributed by atoms with van der Waals surface area (Å²) in [5.41, 5.74) is 0.851. The highest BCUT2D eigenvalue weighted by Gasteiger charge is 2.37. The van der Waals surface area contributed by atoms with Crippen molar-refractivity contribution < 1.29 is 22.7 Å². The molecule has 1 fully saturated rings. The highest BCUT2D eigenvalue weighted by Crippen LogP contribution is 2.25. The molecule has 2 heterocycles. The third-order valence-electron chi connectivity index (χ3n) is 4.22. The SMILES string of the molecule is CCOC(=O)C1CCCN(S(=O)(=O)C2C=CC3=NC(=O)NC3=C2)C1. The summed E-state index contributed by atoms with van der Waals surface area (Å²) in [6.45, 7) is 2.51. The molecule has 2 unspecified atom stereocenters. The van der Waals surface area contributed by atoms with Crippen molar-refractivity contribution >= 4 is 27.7 Å². The summed E-state index contributed by atoms with van der Waals surface area (Å²) in [5.74, 6) is -0.788. The topological polar surface area (TPSA) is 105 Å². The third-order valence-corrected chi connectivity index (χ3v) is 6.25. The molecular formula is C15H19N3O5S. The Hall–Kier alpha value is -2.00. The van der Waals surface area contributed by atoms with E-state index in [1.54, 1.807) is 6.92 Å². The Morgan fingerprint density at radius 2 is 2.29 bits per heavy atom. The van der Waals surface area contributed by atoms with Crippen LogP contribution in [0, 0.1) is 5.92 Å². The molecule has 2 aliphatic heterocycles. The molecule has 9 heteroatoms. The number of rotatable bonds is 4. The van der Waals surface area contributed by atoms with Crippen LogP contribution in [0.25, 0.3) is 0 Å². The number of ether oxygens (including phenoxy) is 1. The van der Waals surface area contributed by atoms with Crippen LogP contribution >= 0.6 is 0 Å². The fraction of sp³-hybridized carbons (Fsp3) is 0.533. The number of nitrogens with zero attached hydrogens (tertiary/aromatic N) is 2. The standard InChI is InChI=1S/C15H19N3O5S/c1-2-23-14(19)10-4-3-7-18(9-10)24(21,22)11-5-6-12-13(8-11)17-15(20)16-12/h5-6,8,10-11H,2-4,7,9H2,1H3,(H,17,20). The largest absolute Gasteiger partial charge is 0.466 e. The van der Waals surface area contributed by atoms with E-state index in [0.29, 0.717) is 30.8 Å². The van der Waals surface area contributed by atoms with Gasteiger partial charge in [-0.05, 0) is 31.9 Å². The fourth-order valence-electron chi connectivity index (χ4n) is 3.02. The maximum Gasteiger partial charge on any atom is 0.346 e. The van der Waals surface area contributed by atoms with Crippen molar-refractivity contribution in [3.63, 3.8) is 0 Å². The number of allylic oxidation sites excluding steroid dienone is 1. The number of carbonyl (C=O) groups excluding carboxylic acids is 2. The number of piperidine rings is 1. The van der Waals surface area contributed by atoms with Crippen molar-refractivity contribution in [3.05, 3.63) is 23.9 Å². The van der Waals surface area contributed by atoms with Crippen LogP contribution in [-0.2, 0) is 19.6 Å². The van der Waals surface area contributed by atoms with Gasteiger partial charge < -0.3 is 10.1 Å². The van der Waals surface area contributed by atoms with Crippen LogP contribution in [0.1, 0.15) is 19.8 Å². The highest BCUT2D eigenvalue weighted by molar-refractivity contribution is 7.90. The number of hydrogen-bond donors (Lipinski definition) is 1. The molecule has 24 heavy (non-hydrogen) atoms.